The molecule has 1 aromatic carbocycles. The van der Waals surface area contributed by atoms with E-state index in [-0.39, 0.29) is 17.6 Å². The van der Waals surface area contributed by atoms with Gasteiger partial charge in [0.25, 0.3) is 0 Å². The third-order valence-corrected chi connectivity index (χ3v) is 6.61. The zero-order valence-corrected chi connectivity index (χ0v) is 16.8. The van der Waals surface area contributed by atoms with Gasteiger partial charge >= 0.3 is 0 Å². The number of rotatable bonds is 5. The van der Waals surface area contributed by atoms with Crippen LogP contribution in [0.5, 0.6) is 0 Å². The lowest BCUT2D eigenvalue weighted by Crippen LogP contribution is -2.49. The molecule has 1 aliphatic heterocycles. The summed E-state index contributed by atoms with van der Waals surface area (Å²) in [4.78, 5) is 4.16. The standard InChI is InChI=1S/C16H24BrFN4O2S/c1-3-25(23,24)22-8-6-14(7-9-22)21-16(19-2)20-11-12-4-5-13(17)10-15(12)18/h4-5,10,14H,3,6-9,11H2,1-2H3,(H2,19,20,21). The molecule has 9 heteroatoms. The minimum absolute atomic E-state index is 0.132. The van der Waals surface area contributed by atoms with Gasteiger partial charge in [0.2, 0.25) is 10.0 Å². The van der Waals surface area contributed by atoms with Crippen LogP contribution < -0.4 is 10.6 Å². The SMILES string of the molecule is CCS(=O)(=O)N1CCC(NC(=NC)NCc2ccc(Br)cc2F)CC1. The maximum absolute atomic E-state index is 13.9. The van der Waals surface area contributed by atoms with Gasteiger partial charge in [0.15, 0.2) is 5.96 Å². The molecule has 0 saturated carbocycles. The van der Waals surface area contributed by atoms with E-state index in [0.29, 0.717) is 48.5 Å². The first-order valence-corrected chi connectivity index (χ1v) is 10.6. The molecule has 1 aromatic rings. The molecule has 1 fully saturated rings. The molecular weight excluding hydrogens is 411 g/mol. The number of nitrogens with one attached hydrogen (secondary N) is 2. The van der Waals surface area contributed by atoms with Crippen LogP contribution in [0, 0.1) is 5.82 Å². The number of guanidine groups is 1. The van der Waals surface area contributed by atoms with E-state index in [1.807, 2.05) is 0 Å². The van der Waals surface area contributed by atoms with Crippen LogP contribution in [0.25, 0.3) is 0 Å². The summed E-state index contributed by atoms with van der Waals surface area (Å²) in [7, 11) is -1.46. The van der Waals surface area contributed by atoms with Crippen LogP contribution in [0.15, 0.2) is 27.7 Å². The molecule has 0 bridgehead atoms. The highest BCUT2D eigenvalue weighted by molar-refractivity contribution is 9.10. The molecule has 0 atom stereocenters. The van der Waals surface area contributed by atoms with E-state index in [1.54, 1.807) is 30.4 Å². The van der Waals surface area contributed by atoms with Crippen molar-refractivity contribution in [1.29, 1.82) is 0 Å². The Morgan fingerprint density at radius 1 is 1.40 bits per heavy atom. The molecule has 0 radical (unpaired) electrons. The molecule has 0 amide bonds. The number of hydrogen-bond donors (Lipinski definition) is 2. The van der Waals surface area contributed by atoms with E-state index >= 15 is 0 Å². The minimum atomic E-state index is -3.12. The topological polar surface area (TPSA) is 73.8 Å². The number of sulfonamides is 1. The summed E-state index contributed by atoms with van der Waals surface area (Å²) in [6, 6.07) is 5.08. The van der Waals surface area contributed by atoms with Gasteiger partial charge in [-0.2, -0.15) is 0 Å². The Labute approximate surface area is 157 Å². The van der Waals surface area contributed by atoms with Crippen molar-refractivity contribution in [2.24, 2.45) is 4.99 Å². The predicted octanol–water partition coefficient (Wildman–Crippen LogP) is 2.07. The van der Waals surface area contributed by atoms with Crippen LogP contribution in [0.3, 0.4) is 0 Å². The van der Waals surface area contributed by atoms with E-state index in [1.165, 1.54) is 6.07 Å². The van der Waals surface area contributed by atoms with Crippen LogP contribution in [0.1, 0.15) is 25.3 Å². The highest BCUT2D eigenvalue weighted by Gasteiger charge is 2.26. The lowest BCUT2D eigenvalue weighted by molar-refractivity contribution is 0.306. The van der Waals surface area contributed by atoms with Crippen LogP contribution in [0.2, 0.25) is 0 Å². The molecule has 2 rings (SSSR count). The molecule has 1 saturated heterocycles. The number of benzene rings is 1. The largest absolute Gasteiger partial charge is 0.354 e. The summed E-state index contributed by atoms with van der Waals surface area (Å²) in [6.07, 6.45) is 1.43. The summed E-state index contributed by atoms with van der Waals surface area (Å²) in [5, 5.41) is 6.38. The minimum Gasteiger partial charge on any atom is -0.354 e. The van der Waals surface area contributed by atoms with E-state index in [0.717, 1.165) is 0 Å². The first-order valence-electron chi connectivity index (χ1n) is 8.24. The van der Waals surface area contributed by atoms with Crippen molar-refractivity contribution in [1.82, 2.24) is 14.9 Å². The molecule has 0 spiro atoms. The van der Waals surface area contributed by atoms with Gasteiger partial charge in [-0.15, -0.1) is 0 Å². The molecule has 25 heavy (non-hydrogen) atoms. The van der Waals surface area contributed by atoms with E-state index in [4.69, 9.17) is 0 Å². The van der Waals surface area contributed by atoms with Crippen LogP contribution in [-0.2, 0) is 16.6 Å². The molecule has 2 N–H and O–H groups in total. The lowest BCUT2D eigenvalue weighted by Gasteiger charge is -2.32. The number of halogens is 2. The summed E-state index contributed by atoms with van der Waals surface area (Å²) < 4.78 is 39.9. The molecule has 6 nitrogen and oxygen atoms in total. The Morgan fingerprint density at radius 3 is 2.64 bits per heavy atom. The van der Waals surface area contributed by atoms with Crippen molar-refractivity contribution in [2.75, 3.05) is 25.9 Å². The molecule has 0 unspecified atom stereocenters. The smallest absolute Gasteiger partial charge is 0.213 e. The van der Waals surface area contributed by atoms with E-state index < -0.39 is 10.0 Å². The second-order valence-corrected chi connectivity index (χ2v) is 9.05. The maximum atomic E-state index is 13.9. The maximum Gasteiger partial charge on any atom is 0.213 e. The molecule has 0 aromatic heterocycles. The summed E-state index contributed by atoms with van der Waals surface area (Å²) in [6.45, 7) is 2.99. The Morgan fingerprint density at radius 2 is 2.08 bits per heavy atom. The number of hydrogen-bond acceptors (Lipinski definition) is 3. The fourth-order valence-electron chi connectivity index (χ4n) is 2.69. The normalized spacial score (nSPS) is 17.5. The second-order valence-electron chi connectivity index (χ2n) is 5.88. The van der Waals surface area contributed by atoms with Gasteiger partial charge in [0.1, 0.15) is 5.82 Å². The van der Waals surface area contributed by atoms with Gasteiger partial charge in [-0.1, -0.05) is 22.0 Å². The summed E-state index contributed by atoms with van der Waals surface area (Å²) in [5.41, 5.74) is 0.551. The Balaban J connectivity index is 1.85. The van der Waals surface area contributed by atoms with Gasteiger partial charge in [-0.05, 0) is 31.9 Å². The number of nitrogens with zero attached hydrogens (tertiary/aromatic N) is 2. The van der Waals surface area contributed by atoms with Gasteiger partial charge < -0.3 is 10.6 Å². The second kappa shape index (κ2) is 8.95. The van der Waals surface area contributed by atoms with Crippen molar-refractivity contribution < 1.29 is 12.8 Å². The van der Waals surface area contributed by atoms with Crippen LogP contribution in [0.4, 0.5) is 4.39 Å². The van der Waals surface area contributed by atoms with E-state index in [9.17, 15) is 12.8 Å². The lowest BCUT2D eigenvalue weighted by atomic mass is 10.1. The fraction of sp³-hybridized carbons (Fsp3) is 0.562. The highest BCUT2D eigenvalue weighted by Crippen LogP contribution is 2.16. The molecule has 1 aliphatic rings. The van der Waals surface area contributed by atoms with Gasteiger partial charge in [-0.3, -0.25) is 4.99 Å². The van der Waals surface area contributed by atoms with Crippen LogP contribution in [-0.4, -0.2) is 50.6 Å². The third kappa shape index (κ3) is 5.65. The van der Waals surface area contributed by atoms with Crippen LogP contribution >= 0.6 is 15.9 Å². The molecule has 0 aliphatic carbocycles. The first kappa shape index (κ1) is 20.1. The van der Waals surface area contributed by atoms with Crippen molar-refractivity contribution in [3.63, 3.8) is 0 Å². The number of piperidine rings is 1. The van der Waals surface area contributed by atoms with Crippen molar-refractivity contribution in [2.45, 2.75) is 32.4 Å². The molecular formula is C16H24BrFN4O2S. The molecule has 1 heterocycles. The zero-order valence-electron chi connectivity index (χ0n) is 14.4. The summed E-state index contributed by atoms with van der Waals surface area (Å²) in [5.74, 6) is 0.433. The summed E-state index contributed by atoms with van der Waals surface area (Å²) >= 11 is 3.24. The quantitative estimate of drug-likeness (QED) is 0.549. The Kier molecular flexibility index (Phi) is 7.21. The fourth-order valence-corrected chi connectivity index (χ4v) is 4.16. The Hall–Kier alpha value is -1.19. The average molecular weight is 435 g/mol. The van der Waals surface area contributed by atoms with Gasteiger partial charge in [0, 0.05) is 42.8 Å². The Bertz CT molecular complexity index is 719. The van der Waals surface area contributed by atoms with Gasteiger partial charge in [-0.25, -0.2) is 17.1 Å². The number of aliphatic imine (C=N–C) groups is 1. The first-order chi connectivity index (χ1) is 11.9. The monoisotopic (exact) mass is 434 g/mol. The van der Waals surface area contributed by atoms with Gasteiger partial charge in [0.05, 0.1) is 5.75 Å². The predicted molar refractivity (Wildman–Crippen MR) is 101 cm³/mol. The zero-order chi connectivity index (χ0) is 18.4. The van der Waals surface area contributed by atoms with Crippen molar-refractivity contribution in [3.05, 3.63) is 34.1 Å². The highest BCUT2D eigenvalue weighted by atomic mass is 79.9. The van der Waals surface area contributed by atoms with Crippen molar-refractivity contribution >= 4 is 31.9 Å². The van der Waals surface area contributed by atoms with Crippen molar-refractivity contribution in [3.8, 4) is 0 Å². The third-order valence-electron chi connectivity index (χ3n) is 4.24. The molecule has 140 valence electrons. The average Bonchev–Trinajstić information content (AvgIpc) is 2.60. The van der Waals surface area contributed by atoms with E-state index in [2.05, 4.69) is 31.6 Å².